The Bertz CT molecular complexity index is 516. The molecular formula is C13H13NOS2. The molecule has 0 spiro atoms. The molecule has 1 aromatic carbocycles. The zero-order chi connectivity index (χ0) is 12.3. The Balaban J connectivity index is 1.97. The van der Waals surface area contributed by atoms with Crippen molar-refractivity contribution >= 4 is 28.9 Å². The van der Waals surface area contributed by atoms with Gasteiger partial charge in [0.2, 0.25) is 0 Å². The van der Waals surface area contributed by atoms with Crippen molar-refractivity contribution in [3.63, 3.8) is 0 Å². The second kappa shape index (κ2) is 5.47. The molecule has 1 heterocycles. The Morgan fingerprint density at radius 2 is 2.06 bits per heavy atom. The summed E-state index contributed by atoms with van der Waals surface area (Å²) in [6, 6.07) is 7.72. The number of hydrogen-bond donors (Lipinski definition) is 0. The zero-order valence-electron chi connectivity index (χ0n) is 9.77. The average molecular weight is 263 g/mol. The summed E-state index contributed by atoms with van der Waals surface area (Å²) >= 11 is 3.42. The number of carbonyl (C=O) groups is 1. The van der Waals surface area contributed by atoms with E-state index in [0.717, 1.165) is 22.0 Å². The molecule has 0 radical (unpaired) electrons. The molecule has 88 valence electrons. The number of aromatic nitrogens is 1. The third-order valence-electron chi connectivity index (χ3n) is 2.31. The highest BCUT2D eigenvalue weighted by Crippen LogP contribution is 2.23. The number of benzene rings is 1. The summed E-state index contributed by atoms with van der Waals surface area (Å²) in [6.07, 6.45) is 0. The number of rotatable bonds is 4. The number of aryl methyl sites for hydroxylation is 1. The van der Waals surface area contributed by atoms with Gasteiger partial charge in [-0.2, -0.15) is 0 Å². The van der Waals surface area contributed by atoms with Crippen molar-refractivity contribution in [1.82, 2.24) is 4.98 Å². The smallest absolute Gasteiger partial charge is 0.159 e. The lowest BCUT2D eigenvalue weighted by Crippen LogP contribution is -1.90. The summed E-state index contributed by atoms with van der Waals surface area (Å²) in [5.41, 5.74) is 1.88. The molecule has 0 bridgehead atoms. The Morgan fingerprint density at radius 3 is 2.59 bits per heavy atom. The van der Waals surface area contributed by atoms with Crippen LogP contribution in [-0.2, 0) is 5.75 Å². The van der Waals surface area contributed by atoms with Gasteiger partial charge in [0.25, 0.3) is 0 Å². The fourth-order valence-electron chi connectivity index (χ4n) is 1.42. The molecule has 2 rings (SSSR count). The lowest BCUT2D eigenvalue weighted by molar-refractivity contribution is 0.101. The van der Waals surface area contributed by atoms with Crippen LogP contribution in [0.5, 0.6) is 0 Å². The number of hydrogen-bond acceptors (Lipinski definition) is 4. The van der Waals surface area contributed by atoms with E-state index in [1.807, 2.05) is 31.2 Å². The van der Waals surface area contributed by atoms with E-state index in [4.69, 9.17) is 0 Å². The van der Waals surface area contributed by atoms with Crippen molar-refractivity contribution in [3.05, 3.63) is 45.9 Å². The van der Waals surface area contributed by atoms with Gasteiger partial charge in [0.05, 0.1) is 10.7 Å². The third-order valence-corrected chi connectivity index (χ3v) is 4.18. The van der Waals surface area contributed by atoms with Gasteiger partial charge < -0.3 is 0 Å². The summed E-state index contributed by atoms with van der Waals surface area (Å²) < 4.78 is 0. The molecule has 0 unspecified atom stereocenters. The highest BCUT2D eigenvalue weighted by Gasteiger charge is 2.02. The van der Waals surface area contributed by atoms with Crippen molar-refractivity contribution in [2.75, 3.05) is 0 Å². The highest BCUT2D eigenvalue weighted by atomic mass is 32.2. The molecule has 2 aromatic rings. The standard InChI is InChI=1S/C13H13NOS2/c1-9(15)11-3-5-13(6-4-11)17-8-12-7-16-10(2)14-12/h3-7H,8H2,1-2H3. The van der Waals surface area contributed by atoms with E-state index in [-0.39, 0.29) is 5.78 Å². The molecule has 0 atom stereocenters. The number of thioether (sulfide) groups is 1. The molecule has 0 saturated carbocycles. The minimum Gasteiger partial charge on any atom is -0.295 e. The van der Waals surface area contributed by atoms with Crippen molar-refractivity contribution in [3.8, 4) is 0 Å². The van der Waals surface area contributed by atoms with Crippen LogP contribution in [0.25, 0.3) is 0 Å². The summed E-state index contributed by atoms with van der Waals surface area (Å²) in [7, 11) is 0. The van der Waals surface area contributed by atoms with E-state index < -0.39 is 0 Å². The maximum atomic E-state index is 11.1. The van der Waals surface area contributed by atoms with Crippen LogP contribution in [0.1, 0.15) is 28.0 Å². The van der Waals surface area contributed by atoms with Crippen LogP contribution in [-0.4, -0.2) is 10.8 Å². The van der Waals surface area contributed by atoms with Crippen LogP contribution in [0.2, 0.25) is 0 Å². The Morgan fingerprint density at radius 1 is 1.35 bits per heavy atom. The van der Waals surface area contributed by atoms with Gasteiger partial charge in [-0.1, -0.05) is 12.1 Å². The lowest BCUT2D eigenvalue weighted by atomic mass is 10.2. The van der Waals surface area contributed by atoms with E-state index in [1.54, 1.807) is 30.0 Å². The van der Waals surface area contributed by atoms with E-state index in [1.165, 1.54) is 4.90 Å². The monoisotopic (exact) mass is 263 g/mol. The predicted octanol–water partition coefficient (Wildman–Crippen LogP) is 3.95. The van der Waals surface area contributed by atoms with E-state index in [9.17, 15) is 4.79 Å². The van der Waals surface area contributed by atoms with Crippen molar-refractivity contribution in [1.29, 1.82) is 0 Å². The second-order valence-electron chi connectivity index (χ2n) is 3.73. The quantitative estimate of drug-likeness (QED) is 0.618. The first-order valence-corrected chi connectivity index (χ1v) is 7.16. The van der Waals surface area contributed by atoms with Gasteiger partial charge in [-0.15, -0.1) is 23.1 Å². The normalized spacial score (nSPS) is 10.5. The maximum absolute atomic E-state index is 11.1. The van der Waals surface area contributed by atoms with Gasteiger partial charge in [0.15, 0.2) is 5.78 Å². The van der Waals surface area contributed by atoms with E-state index in [0.29, 0.717) is 0 Å². The minimum absolute atomic E-state index is 0.108. The molecule has 0 aliphatic carbocycles. The van der Waals surface area contributed by atoms with Crippen LogP contribution < -0.4 is 0 Å². The zero-order valence-corrected chi connectivity index (χ0v) is 11.4. The van der Waals surface area contributed by atoms with Gasteiger partial charge in [-0.25, -0.2) is 4.98 Å². The number of carbonyl (C=O) groups excluding carboxylic acids is 1. The van der Waals surface area contributed by atoms with Crippen LogP contribution in [0.3, 0.4) is 0 Å². The molecule has 4 heteroatoms. The summed E-state index contributed by atoms with van der Waals surface area (Å²) in [5, 5.41) is 3.19. The third kappa shape index (κ3) is 3.41. The molecule has 0 aliphatic rings. The molecule has 17 heavy (non-hydrogen) atoms. The van der Waals surface area contributed by atoms with Crippen molar-refractivity contribution < 1.29 is 4.79 Å². The van der Waals surface area contributed by atoms with Gasteiger partial charge in [0.1, 0.15) is 0 Å². The van der Waals surface area contributed by atoms with Gasteiger partial charge in [-0.05, 0) is 26.0 Å². The van der Waals surface area contributed by atoms with Gasteiger partial charge >= 0.3 is 0 Å². The number of Topliss-reactive ketones (excluding diaryl/α,β-unsaturated/α-hetero) is 1. The van der Waals surface area contributed by atoms with Crippen LogP contribution in [0, 0.1) is 6.92 Å². The molecular weight excluding hydrogens is 250 g/mol. The molecule has 0 aliphatic heterocycles. The number of thiazole rings is 1. The molecule has 0 fully saturated rings. The van der Waals surface area contributed by atoms with Gasteiger partial charge in [0, 0.05) is 21.6 Å². The summed E-state index contributed by atoms with van der Waals surface area (Å²) in [4.78, 5) is 16.7. The Labute approximate surface area is 109 Å². The fourth-order valence-corrected chi connectivity index (χ4v) is 2.93. The maximum Gasteiger partial charge on any atom is 0.159 e. The fraction of sp³-hybridized carbons (Fsp3) is 0.231. The van der Waals surface area contributed by atoms with Crippen LogP contribution in [0.4, 0.5) is 0 Å². The SMILES string of the molecule is CC(=O)c1ccc(SCc2csc(C)n2)cc1. The summed E-state index contributed by atoms with van der Waals surface area (Å²) in [5.74, 6) is 0.987. The number of nitrogens with zero attached hydrogens (tertiary/aromatic N) is 1. The predicted molar refractivity (Wildman–Crippen MR) is 72.9 cm³/mol. The molecule has 2 nitrogen and oxygen atoms in total. The molecule has 1 aromatic heterocycles. The summed E-state index contributed by atoms with van der Waals surface area (Å²) in [6.45, 7) is 3.60. The van der Waals surface area contributed by atoms with Crippen LogP contribution in [0.15, 0.2) is 34.5 Å². The molecule has 0 N–H and O–H groups in total. The first kappa shape index (κ1) is 12.3. The topological polar surface area (TPSA) is 30.0 Å². The lowest BCUT2D eigenvalue weighted by Gasteiger charge is -2.00. The van der Waals surface area contributed by atoms with E-state index in [2.05, 4.69) is 10.4 Å². The first-order valence-electron chi connectivity index (χ1n) is 5.30. The largest absolute Gasteiger partial charge is 0.295 e. The van der Waals surface area contributed by atoms with Crippen molar-refractivity contribution in [2.24, 2.45) is 0 Å². The Hall–Kier alpha value is -1.13. The first-order chi connectivity index (χ1) is 8.15. The second-order valence-corrected chi connectivity index (χ2v) is 5.84. The molecule has 0 saturated heterocycles. The van der Waals surface area contributed by atoms with Crippen molar-refractivity contribution in [2.45, 2.75) is 24.5 Å². The average Bonchev–Trinajstić information content (AvgIpc) is 2.73. The number of ketones is 1. The van der Waals surface area contributed by atoms with Gasteiger partial charge in [-0.3, -0.25) is 4.79 Å². The van der Waals surface area contributed by atoms with E-state index >= 15 is 0 Å². The Kier molecular flexibility index (Phi) is 3.97. The van der Waals surface area contributed by atoms with Crippen LogP contribution >= 0.6 is 23.1 Å². The molecule has 0 amide bonds. The highest BCUT2D eigenvalue weighted by molar-refractivity contribution is 7.98. The minimum atomic E-state index is 0.108.